The molecule has 152 valence electrons. The van der Waals surface area contributed by atoms with Crippen LogP contribution in [0.3, 0.4) is 0 Å². The van der Waals surface area contributed by atoms with Gasteiger partial charge in [-0.2, -0.15) is 0 Å². The molecule has 0 bridgehead atoms. The van der Waals surface area contributed by atoms with Gasteiger partial charge in [-0.3, -0.25) is 14.5 Å². The topological polar surface area (TPSA) is 66.8 Å². The maximum atomic E-state index is 13.1. The molecule has 4 rings (SSSR count). The number of anilines is 1. The fourth-order valence-electron chi connectivity index (χ4n) is 3.48. The molecule has 5 nitrogen and oxygen atoms in total. The quantitative estimate of drug-likeness (QED) is 0.338. The summed E-state index contributed by atoms with van der Waals surface area (Å²) < 4.78 is 5.22. The Morgan fingerprint density at radius 2 is 1.87 bits per heavy atom. The van der Waals surface area contributed by atoms with Crippen LogP contribution in [-0.4, -0.2) is 23.9 Å². The van der Waals surface area contributed by atoms with Crippen molar-refractivity contribution in [1.29, 1.82) is 0 Å². The molecule has 1 aromatic heterocycles. The first-order valence-corrected chi connectivity index (χ1v) is 10.4. The standard InChI is InChI=1S/C23H18ClNO4S/c1-13-5-7-14(8-6-13)25-20(18-4-3-11-30-18)19(22(27)23(25)28)21(26)16-12-15(29-2)9-10-17(16)24/h3-12,20,26H,1-2H3/b21-19-. The molecule has 0 radical (unpaired) electrons. The average molecular weight is 440 g/mol. The summed E-state index contributed by atoms with van der Waals surface area (Å²) in [7, 11) is 1.50. The van der Waals surface area contributed by atoms with Gasteiger partial charge in [0, 0.05) is 16.1 Å². The van der Waals surface area contributed by atoms with Crippen LogP contribution in [0.4, 0.5) is 5.69 Å². The number of hydrogen-bond donors (Lipinski definition) is 1. The van der Waals surface area contributed by atoms with Crippen LogP contribution in [0.2, 0.25) is 5.02 Å². The molecule has 1 aliphatic rings. The van der Waals surface area contributed by atoms with Crippen molar-refractivity contribution in [2.45, 2.75) is 13.0 Å². The Kier molecular flexibility index (Phi) is 5.37. The van der Waals surface area contributed by atoms with Crippen LogP contribution >= 0.6 is 22.9 Å². The van der Waals surface area contributed by atoms with Gasteiger partial charge in [0.2, 0.25) is 0 Å². The van der Waals surface area contributed by atoms with E-state index in [0.29, 0.717) is 11.4 Å². The second-order valence-corrected chi connectivity index (χ2v) is 8.25. The van der Waals surface area contributed by atoms with Gasteiger partial charge in [0.05, 0.1) is 17.7 Å². The number of Topliss-reactive ketones (excluding diaryl/α,β-unsaturated/α-hetero) is 1. The summed E-state index contributed by atoms with van der Waals surface area (Å²) >= 11 is 7.70. The summed E-state index contributed by atoms with van der Waals surface area (Å²) in [5, 5.41) is 13.2. The van der Waals surface area contributed by atoms with Crippen molar-refractivity contribution in [2.24, 2.45) is 0 Å². The predicted octanol–water partition coefficient (Wildman–Crippen LogP) is 5.34. The molecule has 1 atom stereocenters. The fraction of sp³-hybridized carbons (Fsp3) is 0.130. The van der Waals surface area contributed by atoms with Gasteiger partial charge >= 0.3 is 0 Å². The van der Waals surface area contributed by atoms with Gasteiger partial charge in [-0.1, -0.05) is 35.4 Å². The van der Waals surface area contributed by atoms with Crippen molar-refractivity contribution >= 4 is 46.1 Å². The molecule has 1 fully saturated rings. The van der Waals surface area contributed by atoms with Gasteiger partial charge in [-0.25, -0.2) is 0 Å². The van der Waals surface area contributed by atoms with Gasteiger partial charge in [0.1, 0.15) is 17.6 Å². The third-order valence-corrected chi connectivity index (χ3v) is 6.25. The van der Waals surface area contributed by atoms with Gasteiger partial charge in [-0.05, 0) is 48.7 Å². The lowest BCUT2D eigenvalue weighted by atomic mass is 9.99. The lowest BCUT2D eigenvalue weighted by molar-refractivity contribution is -0.132. The van der Waals surface area contributed by atoms with Crippen molar-refractivity contribution in [3.05, 3.63) is 86.6 Å². The molecule has 0 spiro atoms. The summed E-state index contributed by atoms with van der Waals surface area (Å²) in [6, 6.07) is 15.0. The van der Waals surface area contributed by atoms with E-state index in [1.54, 1.807) is 30.3 Å². The SMILES string of the molecule is COc1ccc(Cl)c(/C(O)=C2/C(=O)C(=O)N(c3ccc(C)cc3)C2c2cccs2)c1. The number of carbonyl (C=O) groups is 2. The van der Waals surface area contributed by atoms with Crippen LogP contribution in [0.15, 0.2) is 65.6 Å². The first-order chi connectivity index (χ1) is 14.4. The second kappa shape index (κ2) is 7.97. The summed E-state index contributed by atoms with van der Waals surface area (Å²) in [5.41, 5.74) is 1.85. The highest BCUT2D eigenvalue weighted by molar-refractivity contribution is 7.10. The molecule has 3 aromatic rings. The van der Waals surface area contributed by atoms with Crippen molar-refractivity contribution in [2.75, 3.05) is 12.0 Å². The largest absolute Gasteiger partial charge is 0.507 e. The van der Waals surface area contributed by atoms with Crippen LogP contribution in [0.25, 0.3) is 5.76 Å². The maximum Gasteiger partial charge on any atom is 0.300 e. The molecule has 2 heterocycles. The number of ketones is 1. The zero-order valence-corrected chi connectivity index (χ0v) is 17.8. The third kappa shape index (κ3) is 3.38. The average Bonchev–Trinajstić information content (AvgIpc) is 3.36. The monoisotopic (exact) mass is 439 g/mol. The Morgan fingerprint density at radius 3 is 2.50 bits per heavy atom. The molecule has 1 unspecified atom stereocenters. The summed E-state index contributed by atoms with van der Waals surface area (Å²) in [6.45, 7) is 1.94. The highest BCUT2D eigenvalue weighted by atomic mass is 35.5. The van der Waals surface area contributed by atoms with Crippen LogP contribution in [0.1, 0.15) is 22.0 Å². The number of benzene rings is 2. The smallest absolute Gasteiger partial charge is 0.300 e. The molecule has 1 saturated heterocycles. The maximum absolute atomic E-state index is 13.1. The van der Waals surface area contributed by atoms with Gasteiger partial charge in [0.15, 0.2) is 0 Å². The number of ether oxygens (including phenoxy) is 1. The van der Waals surface area contributed by atoms with Crippen molar-refractivity contribution in [3.63, 3.8) is 0 Å². The molecule has 0 aliphatic carbocycles. The van der Waals surface area contributed by atoms with Crippen molar-refractivity contribution in [1.82, 2.24) is 0 Å². The number of amides is 1. The number of halogens is 1. The number of hydrogen-bond acceptors (Lipinski definition) is 5. The normalized spacial score (nSPS) is 18.1. The molecule has 1 amide bonds. The number of aliphatic hydroxyl groups excluding tert-OH is 1. The van der Waals surface area contributed by atoms with Crippen LogP contribution in [-0.2, 0) is 9.59 Å². The van der Waals surface area contributed by atoms with E-state index in [2.05, 4.69) is 0 Å². The Balaban J connectivity index is 1.94. The van der Waals surface area contributed by atoms with E-state index in [1.807, 2.05) is 36.6 Å². The number of thiophene rings is 1. The number of carbonyl (C=O) groups excluding carboxylic acids is 2. The summed E-state index contributed by atoms with van der Waals surface area (Å²) in [4.78, 5) is 28.3. The van der Waals surface area contributed by atoms with E-state index in [-0.39, 0.29) is 21.9 Å². The minimum absolute atomic E-state index is 0.00169. The molecule has 7 heteroatoms. The highest BCUT2D eigenvalue weighted by Crippen LogP contribution is 2.44. The second-order valence-electron chi connectivity index (χ2n) is 6.87. The van der Waals surface area contributed by atoms with Crippen molar-refractivity contribution in [3.8, 4) is 5.75 Å². The van der Waals surface area contributed by atoms with E-state index < -0.39 is 17.7 Å². The molecule has 0 saturated carbocycles. The third-order valence-electron chi connectivity index (χ3n) is 5.00. The zero-order chi connectivity index (χ0) is 21.4. The predicted molar refractivity (Wildman–Crippen MR) is 118 cm³/mol. The number of aryl methyl sites for hydroxylation is 1. The summed E-state index contributed by atoms with van der Waals surface area (Å²) in [5.74, 6) is -1.31. The lowest BCUT2D eigenvalue weighted by Gasteiger charge is -2.24. The Morgan fingerprint density at radius 1 is 1.13 bits per heavy atom. The Labute approximate surface area is 182 Å². The molecular formula is C23H18ClNO4S. The van der Waals surface area contributed by atoms with Gasteiger partial charge in [0.25, 0.3) is 11.7 Å². The van der Waals surface area contributed by atoms with Gasteiger partial charge in [-0.15, -0.1) is 11.3 Å². The first kappa shape index (κ1) is 20.2. The number of methoxy groups -OCH3 is 1. The van der Waals surface area contributed by atoms with Crippen molar-refractivity contribution < 1.29 is 19.4 Å². The minimum atomic E-state index is -0.759. The van der Waals surface area contributed by atoms with Gasteiger partial charge < -0.3 is 9.84 Å². The molecule has 1 aliphatic heterocycles. The molecule has 1 N–H and O–H groups in total. The molecule has 2 aromatic carbocycles. The van der Waals surface area contributed by atoms with Crippen LogP contribution < -0.4 is 9.64 Å². The first-order valence-electron chi connectivity index (χ1n) is 9.17. The molecule has 30 heavy (non-hydrogen) atoms. The number of rotatable bonds is 4. The zero-order valence-electron chi connectivity index (χ0n) is 16.3. The lowest BCUT2D eigenvalue weighted by Crippen LogP contribution is -2.29. The van der Waals surface area contributed by atoms with E-state index in [0.717, 1.165) is 10.4 Å². The Bertz CT molecular complexity index is 1150. The number of nitrogens with zero attached hydrogens (tertiary/aromatic N) is 1. The summed E-state index contributed by atoms with van der Waals surface area (Å²) in [6.07, 6.45) is 0. The van der Waals surface area contributed by atoms with Crippen LogP contribution in [0, 0.1) is 6.92 Å². The van der Waals surface area contributed by atoms with E-state index in [1.165, 1.54) is 23.3 Å². The van der Waals surface area contributed by atoms with E-state index in [4.69, 9.17) is 16.3 Å². The number of aliphatic hydroxyl groups is 1. The molecular weight excluding hydrogens is 422 g/mol. The minimum Gasteiger partial charge on any atom is -0.507 e. The highest BCUT2D eigenvalue weighted by Gasteiger charge is 2.47. The van der Waals surface area contributed by atoms with E-state index >= 15 is 0 Å². The Hall–Kier alpha value is -3.09. The fourth-order valence-corrected chi connectivity index (χ4v) is 4.51. The van der Waals surface area contributed by atoms with Crippen LogP contribution in [0.5, 0.6) is 5.75 Å². The van der Waals surface area contributed by atoms with E-state index in [9.17, 15) is 14.7 Å².